The summed E-state index contributed by atoms with van der Waals surface area (Å²) in [6, 6.07) is 3.43. The van der Waals surface area contributed by atoms with Crippen molar-refractivity contribution in [2.24, 2.45) is 0 Å². The van der Waals surface area contributed by atoms with Crippen LogP contribution in [-0.4, -0.2) is 30.8 Å². The third-order valence-electron chi connectivity index (χ3n) is 2.92. The molecular formula is C13H13N7OS. The van der Waals surface area contributed by atoms with E-state index in [0.29, 0.717) is 11.7 Å². The third kappa shape index (κ3) is 3.26. The number of nitrogens with one attached hydrogen (secondary N) is 2. The number of anilines is 1. The molecule has 3 heterocycles. The highest BCUT2D eigenvalue weighted by Gasteiger charge is 2.06. The van der Waals surface area contributed by atoms with Crippen molar-refractivity contribution in [1.29, 1.82) is 0 Å². The molecule has 2 amide bonds. The van der Waals surface area contributed by atoms with Gasteiger partial charge >= 0.3 is 6.03 Å². The fraction of sp³-hybridized carbons (Fsp3) is 0.154. The highest BCUT2D eigenvalue weighted by Crippen LogP contribution is 2.10. The van der Waals surface area contributed by atoms with Crippen molar-refractivity contribution in [3.8, 4) is 5.82 Å². The molecule has 0 aliphatic heterocycles. The van der Waals surface area contributed by atoms with Crippen LogP contribution in [0.15, 0.2) is 36.2 Å². The van der Waals surface area contributed by atoms with Crippen molar-refractivity contribution >= 4 is 22.5 Å². The maximum absolute atomic E-state index is 11.7. The predicted molar refractivity (Wildman–Crippen MR) is 81.9 cm³/mol. The Morgan fingerprint density at radius 1 is 1.36 bits per heavy atom. The molecule has 22 heavy (non-hydrogen) atoms. The highest BCUT2D eigenvalue weighted by molar-refractivity contribution is 7.13. The lowest BCUT2D eigenvalue weighted by Crippen LogP contribution is -2.28. The average Bonchev–Trinajstić information content (AvgIpc) is 3.17. The molecule has 112 valence electrons. The molecule has 0 aromatic carbocycles. The number of hydrogen-bond acceptors (Lipinski definition) is 6. The fourth-order valence-electron chi connectivity index (χ4n) is 1.87. The van der Waals surface area contributed by atoms with E-state index < -0.39 is 0 Å². The number of nitrogens with zero attached hydrogens (tertiary/aromatic N) is 5. The number of urea groups is 1. The number of imidazole rings is 1. The van der Waals surface area contributed by atoms with Crippen LogP contribution in [0, 0.1) is 6.92 Å². The summed E-state index contributed by atoms with van der Waals surface area (Å²) in [5.74, 6) is 1.62. The van der Waals surface area contributed by atoms with E-state index in [-0.39, 0.29) is 6.03 Å². The second-order valence-corrected chi connectivity index (χ2v) is 5.25. The summed E-state index contributed by atoms with van der Waals surface area (Å²) >= 11 is 1.26. The monoisotopic (exact) mass is 315 g/mol. The molecule has 0 saturated carbocycles. The Morgan fingerprint density at radius 2 is 2.27 bits per heavy atom. The van der Waals surface area contributed by atoms with Gasteiger partial charge in [-0.2, -0.15) is 0 Å². The first-order valence-electron chi connectivity index (χ1n) is 6.48. The smallest absolute Gasteiger partial charge is 0.321 e. The van der Waals surface area contributed by atoms with Gasteiger partial charge in [-0.15, -0.1) is 10.2 Å². The molecule has 0 fully saturated rings. The van der Waals surface area contributed by atoms with E-state index in [2.05, 4.69) is 30.8 Å². The highest BCUT2D eigenvalue weighted by atomic mass is 32.1. The van der Waals surface area contributed by atoms with E-state index in [1.165, 1.54) is 11.3 Å². The van der Waals surface area contributed by atoms with Gasteiger partial charge in [0.15, 0.2) is 0 Å². The van der Waals surface area contributed by atoms with Gasteiger partial charge in [0, 0.05) is 25.1 Å². The molecule has 3 aromatic rings. The second-order valence-electron chi connectivity index (χ2n) is 4.42. The van der Waals surface area contributed by atoms with Gasteiger partial charge in [0.2, 0.25) is 5.13 Å². The second kappa shape index (κ2) is 6.31. The largest absolute Gasteiger partial charge is 0.334 e. The standard InChI is InChI=1S/C13H13N7OS/c1-9-14-4-5-20(9)11-6-10(2-3-15-11)7-16-12(21)18-13-19-17-8-22-13/h2-6,8H,7H2,1H3,(H2,16,18,19,21). The van der Waals surface area contributed by atoms with Crippen molar-refractivity contribution in [3.63, 3.8) is 0 Å². The first kappa shape index (κ1) is 14.1. The zero-order chi connectivity index (χ0) is 15.4. The van der Waals surface area contributed by atoms with E-state index in [9.17, 15) is 4.79 Å². The van der Waals surface area contributed by atoms with E-state index >= 15 is 0 Å². The van der Waals surface area contributed by atoms with Crippen LogP contribution in [0.5, 0.6) is 0 Å². The molecule has 2 N–H and O–H groups in total. The summed E-state index contributed by atoms with van der Waals surface area (Å²) in [4.78, 5) is 20.2. The lowest BCUT2D eigenvalue weighted by molar-refractivity contribution is 0.251. The number of hydrogen-bond donors (Lipinski definition) is 2. The molecule has 8 nitrogen and oxygen atoms in total. The molecule has 0 atom stereocenters. The average molecular weight is 315 g/mol. The lowest BCUT2D eigenvalue weighted by atomic mass is 10.2. The van der Waals surface area contributed by atoms with Crippen LogP contribution in [0.25, 0.3) is 5.82 Å². The number of amides is 2. The van der Waals surface area contributed by atoms with Crippen LogP contribution in [0.4, 0.5) is 9.93 Å². The SMILES string of the molecule is Cc1nccn1-c1cc(CNC(=O)Nc2nncs2)ccn1. The molecule has 0 unspecified atom stereocenters. The van der Waals surface area contributed by atoms with E-state index in [4.69, 9.17) is 0 Å². The van der Waals surface area contributed by atoms with Gasteiger partial charge in [0.05, 0.1) is 0 Å². The number of aromatic nitrogens is 5. The third-order valence-corrected chi connectivity index (χ3v) is 3.52. The van der Waals surface area contributed by atoms with E-state index in [0.717, 1.165) is 17.2 Å². The summed E-state index contributed by atoms with van der Waals surface area (Å²) < 4.78 is 1.88. The van der Waals surface area contributed by atoms with Crippen molar-refractivity contribution in [2.75, 3.05) is 5.32 Å². The Hall–Kier alpha value is -2.81. The normalized spacial score (nSPS) is 10.4. The van der Waals surface area contributed by atoms with Gasteiger partial charge in [0.25, 0.3) is 0 Å². The molecule has 9 heteroatoms. The van der Waals surface area contributed by atoms with Gasteiger partial charge in [-0.3, -0.25) is 9.88 Å². The number of pyridine rings is 1. The molecule has 0 aliphatic rings. The van der Waals surface area contributed by atoms with Gasteiger partial charge in [-0.05, 0) is 24.6 Å². The maximum Gasteiger partial charge on any atom is 0.321 e. The number of carbonyl (C=O) groups is 1. The number of rotatable bonds is 4. The minimum Gasteiger partial charge on any atom is -0.334 e. The zero-order valence-electron chi connectivity index (χ0n) is 11.7. The molecule has 0 spiro atoms. The molecule has 3 rings (SSSR count). The van der Waals surface area contributed by atoms with Crippen LogP contribution in [0.1, 0.15) is 11.4 Å². The Labute approximate surface area is 130 Å². The molecule has 3 aromatic heterocycles. The topological polar surface area (TPSA) is 97.6 Å². The van der Waals surface area contributed by atoms with Crippen LogP contribution in [-0.2, 0) is 6.54 Å². The van der Waals surface area contributed by atoms with Crippen molar-refractivity contribution in [3.05, 3.63) is 47.6 Å². The van der Waals surface area contributed by atoms with Gasteiger partial charge in [-0.25, -0.2) is 14.8 Å². The first-order chi connectivity index (χ1) is 10.7. The van der Waals surface area contributed by atoms with Gasteiger partial charge < -0.3 is 5.32 Å². The molecular weight excluding hydrogens is 302 g/mol. The predicted octanol–water partition coefficient (Wildman–Crippen LogP) is 1.75. The van der Waals surface area contributed by atoms with E-state index in [1.807, 2.05) is 29.8 Å². The molecule has 0 saturated heterocycles. The Balaban J connectivity index is 1.63. The van der Waals surface area contributed by atoms with Gasteiger partial charge in [0.1, 0.15) is 17.2 Å². The fourth-order valence-corrected chi connectivity index (χ4v) is 2.31. The number of aryl methyl sites for hydroxylation is 1. The van der Waals surface area contributed by atoms with Gasteiger partial charge in [-0.1, -0.05) is 11.3 Å². The maximum atomic E-state index is 11.7. The first-order valence-corrected chi connectivity index (χ1v) is 7.36. The Kier molecular flexibility index (Phi) is 4.05. The Morgan fingerprint density at radius 3 is 3.00 bits per heavy atom. The minimum absolute atomic E-state index is 0.325. The van der Waals surface area contributed by atoms with E-state index in [1.54, 1.807) is 17.9 Å². The number of carbonyl (C=O) groups excluding carboxylic acids is 1. The van der Waals surface area contributed by atoms with Crippen molar-refractivity contribution in [1.82, 2.24) is 30.0 Å². The minimum atomic E-state index is -0.325. The summed E-state index contributed by atoms with van der Waals surface area (Å²) in [7, 11) is 0. The zero-order valence-corrected chi connectivity index (χ0v) is 12.5. The van der Waals surface area contributed by atoms with Crippen LogP contribution in [0.3, 0.4) is 0 Å². The van der Waals surface area contributed by atoms with Crippen LogP contribution >= 0.6 is 11.3 Å². The lowest BCUT2D eigenvalue weighted by Gasteiger charge is -2.08. The molecule has 0 bridgehead atoms. The summed E-state index contributed by atoms with van der Waals surface area (Å²) in [5.41, 5.74) is 2.49. The quantitative estimate of drug-likeness (QED) is 0.764. The summed E-state index contributed by atoms with van der Waals surface area (Å²) in [6.07, 6.45) is 5.27. The van der Waals surface area contributed by atoms with Crippen molar-refractivity contribution in [2.45, 2.75) is 13.5 Å². The molecule has 0 aliphatic carbocycles. The molecule has 0 radical (unpaired) electrons. The summed E-state index contributed by atoms with van der Waals surface area (Å²) in [5, 5.41) is 13.2. The Bertz CT molecular complexity index is 768. The van der Waals surface area contributed by atoms with Crippen LogP contribution in [0.2, 0.25) is 0 Å². The van der Waals surface area contributed by atoms with Crippen molar-refractivity contribution < 1.29 is 4.79 Å². The summed E-state index contributed by atoms with van der Waals surface area (Å²) in [6.45, 7) is 2.29. The van der Waals surface area contributed by atoms with Crippen LogP contribution < -0.4 is 10.6 Å².